The maximum absolute atomic E-state index is 13.9. The highest BCUT2D eigenvalue weighted by molar-refractivity contribution is 5.69. The van der Waals surface area contributed by atoms with Gasteiger partial charge in [-0.25, -0.2) is 9.37 Å². The number of nitrogens with two attached hydrogens (primary N) is 1. The minimum absolute atomic E-state index is 0.321. The number of halogens is 1. The molecule has 0 spiro atoms. The van der Waals surface area contributed by atoms with Gasteiger partial charge in [-0.05, 0) is 55.0 Å². The molecule has 1 aromatic carbocycles. The lowest BCUT2D eigenvalue weighted by Crippen LogP contribution is -2.07. The van der Waals surface area contributed by atoms with Crippen LogP contribution in [-0.2, 0) is 4.74 Å². The highest BCUT2D eigenvalue weighted by Gasteiger charge is 2.15. The Morgan fingerprint density at radius 2 is 2.22 bits per heavy atom. The molecule has 0 aliphatic carbocycles. The maximum Gasteiger partial charge on any atom is 0.127 e. The first-order valence-electron chi connectivity index (χ1n) is 7.85. The van der Waals surface area contributed by atoms with E-state index in [4.69, 9.17) is 15.2 Å². The van der Waals surface area contributed by atoms with Gasteiger partial charge in [-0.2, -0.15) is 0 Å². The van der Waals surface area contributed by atoms with Gasteiger partial charge in [0.15, 0.2) is 0 Å². The molecule has 1 unspecified atom stereocenters. The second kappa shape index (κ2) is 6.96. The standard InChI is InChI=1S/C18H21FN2O2/c1-12-6-18(20)21-10-17(12)14-7-15(19)9-16(8-14)23-5-3-13-2-4-22-11-13/h6-10,13H,2-5,11H2,1H3,(H2,20,21). The van der Waals surface area contributed by atoms with Gasteiger partial charge in [-0.15, -0.1) is 0 Å². The summed E-state index contributed by atoms with van der Waals surface area (Å²) in [7, 11) is 0. The van der Waals surface area contributed by atoms with Crippen LogP contribution in [0.5, 0.6) is 5.75 Å². The zero-order valence-corrected chi connectivity index (χ0v) is 13.2. The smallest absolute Gasteiger partial charge is 0.127 e. The molecule has 1 atom stereocenters. The Balaban J connectivity index is 1.73. The van der Waals surface area contributed by atoms with Crippen molar-refractivity contribution in [1.82, 2.24) is 4.98 Å². The molecule has 1 aliphatic rings. The van der Waals surface area contributed by atoms with Crippen molar-refractivity contribution >= 4 is 5.82 Å². The van der Waals surface area contributed by atoms with E-state index in [-0.39, 0.29) is 5.82 Å². The van der Waals surface area contributed by atoms with Crippen LogP contribution in [0.15, 0.2) is 30.5 Å². The fourth-order valence-corrected chi connectivity index (χ4v) is 2.84. The zero-order chi connectivity index (χ0) is 16.2. The molecular formula is C18H21FN2O2. The predicted molar refractivity (Wildman–Crippen MR) is 87.8 cm³/mol. The molecule has 0 saturated carbocycles. The lowest BCUT2D eigenvalue weighted by atomic mass is 10.0. The molecule has 1 fully saturated rings. The lowest BCUT2D eigenvalue weighted by molar-refractivity contribution is 0.178. The zero-order valence-electron chi connectivity index (χ0n) is 13.2. The van der Waals surface area contributed by atoms with Crippen molar-refractivity contribution in [3.8, 4) is 16.9 Å². The van der Waals surface area contributed by atoms with E-state index in [0.29, 0.717) is 24.1 Å². The van der Waals surface area contributed by atoms with E-state index in [1.165, 1.54) is 12.1 Å². The van der Waals surface area contributed by atoms with Gasteiger partial charge in [0.25, 0.3) is 0 Å². The number of hydrogen-bond acceptors (Lipinski definition) is 4. The van der Waals surface area contributed by atoms with Gasteiger partial charge >= 0.3 is 0 Å². The van der Waals surface area contributed by atoms with Crippen molar-refractivity contribution < 1.29 is 13.9 Å². The van der Waals surface area contributed by atoms with Gasteiger partial charge in [0.1, 0.15) is 17.4 Å². The third-order valence-corrected chi connectivity index (χ3v) is 4.13. The predicted octanol–water partition coefficient (Wildman–Crippen LogP) is 3.58. The third-order valence-electron chi connectivity index (χ3n) is 4.13. The van der Waals surface area contributed by atoms with Crippen LogP contribution in [0.2, 0.25) is 0 Å². The molecule has 0 radical (unpaired) electrons. The monoisotopic (exact) mass is 316 g/mol. The van der Waals surface area contributed by atoms with E-state index in [9.17, 15) is 4.39 Å². The van der Waals surface area contributed by atoms with E-state index in [1.54, 1.807) is 12.3 Å². The molecule has 122 valence electrons. The summed E-state index contributed by atoms with van der Waals surface area (Å²) in [5.74, 6) is 1.22. The number of rotatable bonds is 5. The summed E-state index contributed by atoms with van der Waals surface area (Å²) in [5.41, 5.74) is 8.23. The molecule has 1 aromatic heterocycles. The number of anilines is 1. The minimum atomic E-state index is -0.321. The molecule has 2 heterocycles. The molecule has 0 bridgehead atoms. The molecule has 2 aromatic rings. The fraction of sp³-hybridized carbons (Fsp3) is 0.389. The van der Waals surface area contributed by atoms with Crippen LogP contribution >= 0.6 is 0 Å². The Bertz CT molecular complexity index is 685. The van der Waals surface area contributed by atoms with Crippen molar-refractivity contribution in [2.24, 2.45) is 5.92 Å². The summed E-state index contributed by atoms with van der Waals surface area (Å²) < 4.78 is 25.0. The Hall–Kier alpha value is -2.14. The van der Waals surface area contributed by atoms with Crippen molar-refractivity contribution in [3.63, 3.8) is 0 Å². The second-order valence-corrected chi connectivity index (χ2v) is 5.97. The fourth-order valence-electron chi connectivity index (χ4n) is 2.84. The Morgan fingerprint density at radius 3 is 2.96 bits per heavy atom. The third kappa shape index (κ3) is 3.99. The maximum atomic E-state index is 13.9. The average molecular weight is 316 g/mol. The minimum Gasteiger partial charge on any atom is -0.493 e. The molecule has 2 N–H and O–H groups in total. The van der Waals surface area contributed by atoms with E-state index in [0.717, 1.165) is 42.7 Å². The Kier molecular flexibility index (Phi) is 4.76. The average Bonchev–Trinajstić information content (AvgIpc) is 3.00. The summed E-state index contributed by atoms with van der Waals surface area (Å²) in [6.07, 6.45) is 3.67. The number of nitrogens with zero attached hydrogens (tertiary/aromatic N) is 1. The molecule has 0 amide bonds. The van der Waals surface area contributed by atoms with Crippen molar-refractivity contribution in [1.29, 1.82) is 0 Å². The number of benzene rings is 1. The van der Waals surface area contributed by atoms with Crippen LogP contribution in [0.4, 0.5) is 10.2 Å². The van der Waals surface area contributed by atoms with Gasteiger partial charge in [-0.3, -0.25) is 0 Å². The van der Waals surface area contributed by atoms with Crippen molar-refractivity contribution in [2.75, 3.05) is 25.6 Å². The van der Waals surface area contributed by atoms with E-state index < -0.39 is 0 Å². The van der Waals surface area contributed by atoms with Crippen molar-refractivity contribution in [2.45, 2.75) is 19.8 Å². The van der Waals surface area contributed by atoms with E-state index in [2.05, 4.69) is 4.98 Å². The first kappa shape index (κ1) is 15.7. The summed E-state index contributed by atoms with van der Waals surface area (Å²) in [5, 5.41) is 0. The number of nitrogen functional groups attached to an aromatic ring is 1. The van der Waals surface area contributed by atoms with Gasteiger partial charge in [0, 0.05) is 31.0 Å². The summed E-state index contributed by atoms with van der Waals surface area (Å²) >= 11 is 0. The second-order valence-electron chi connectivity index (χ2n) is 5.97. The Morgan fingerprint density at radius 1 is 1.35 bits per heavy atom. The molecule has 1 aliphatic heterocycles. The van der Waals surface area contributed by atoms with Gasteiger partial charge < -0.3 is 15.2 Å². The quantitative estimate of drug-likeness (QED) is 0.916. The van der Waals surface area contributed by atoms with Gasteiger partial charge in [-0.1, -0.05) is 0 Å². The highest BCUT2D eigenvalue weighted by Crippen LogP contribution is 2.28. The van der Waals surface area contributed by atoms with Crippen LogP contribution < -0.4 is 10.5 Å². The largest absolute Gasteiger partial charge is 0.493 e. The summed E-state index contributed by atoms with van der Waals surface area (Å²) in [4.78, 5) is 4.09. The molecule has 1 saturated heterocycles. The molecule has 23 heavy (non-hydrogen) atoms. The number of aryl methyl sites for hydroxylation is 1. The molecule has 4 nitrogen and oxygen atoms in total. The summed E-state index contributed by atoms with van der Waals surface area (Å²) in [6, 6.07) is 6.52. The first-order valence-corrected chi connectivity index (χ1v) is 7.85. The summed E-state index contributed by atoms with van der Waals surface area (Å²) in [6.45, 7) is 4.13. The van der Waals surface area contributed by atoms with Crippen molar-refractivity contribution in [3.05, 3.63) is 41.8 Å². The Labute approximate surface area is 135 Å². The number of ether oxygens (including phenoxy) is 2. The number of aromatic nitrogens is 1. The SMILES string of the molecule is Cc1cc(N)ncc1-c1cc(F)cc(OCCC2CCOC2)c1. The van der Waals surface area contributed by atoms with Gasteiger partial charge in [0.2, 0.25) is 0 Å². The van der Waals surface area contributed by atoms with Crippen LogP contribution in [0.25, 0.3) is 11.1 Å². The number of pyridine rings is 1. The van der Waals surface area contributed by atoms with Gasteiger partial charge in [0.05, 0.1) is 6.61 Å². The molecular weight excluding hydrogens is 295 g/mol. The van der Waals surface area contributed by atoms with Crippen LogP contribution in [-0.4, -0.2) is 24.8 Å². The molecule has 3 rings (SSSR count). The lowest BCUT2D eigenvalue weighted by Gasteiger charge is -2.12. The topological polar surface area (TPSA) is 57.4 Å². The van der Waals surface area contributed by atoms with Crippen LogP contribution in [0.3, 0.4) is 0 Å². The van der Waals surface area contributed by atoms with Crippen LogP contribution in [0.1, 0.15) is 18.4 Å². The van der Waals surface area contributed by atoms with E-state index >= 15 is 0 Å². The highest BCUT2D eigenvalue weighted by atomic mass is 19.1. The van der Waals surface area contributed by atoms with Crippen LogP contribution in [0, 0.1) is 18.7 Å². The van der Waals surface area contributed by atoms with E-state index in [1.807, 2.05) is 13.0 Å². The first-order chi connectivity index (χ1) is 11.1. The normalized spacial score (nSPS) is 17.4. The molecule has 5 heteroatoms. The number of hydrogen-bond donors (Lipinski definition) is 1.